The lowest BCUT2D eigenvalue weighted by Crippen LogP contribution is -2.25. The van der Waals surface area contributed by atoms with Crippen molar-refractivity contribution in [2.24, 2.45) is 0 Å². The number of ether oxygens (including phenoxy) is 2. The van der Waals surface area contributed by atoms with Crippen LogP contribution in [0.15, 0.2) is 71.7 Å². The van der Waals surface area contributed by atoms with Crippen LogP contribution in [0.25, 0.3) is 16.6 Å². The van der Waals surface area contributed by atoms with Crippen LogP contribution in [0.2, 0.25) is 0 Å². The van der Waals surface area contributed by atoms with Crippen molar-refractivity contribution in [1.29, 1.82) is 0 Å². The molecule has 0 saturated carbocycles. The van der Waals surface area contributed by atoms with Gasteiger partial charge in [0.2, 0.25) is 0 Å². The van der Waals surface area contributed by atoms with Crippen LogP contribution in [0.1, 0.15) is 37.6 Å². The van der Waals surface area contributed by atoms with E-state index in [0.29, 0.717) is 25.7 Å². The van der Waals surface area contributed by atoms with E-state index >= 15 is 0 Å². The van der Waals surface area contributed by atoms with Crippen molar-refractivity contribution in [3.8, 4) is 11.4 Å². The van der Waals surface area contributed by atoms with Crippen LogP contribution in [0.3, 0.4) is 0 Å². The second-order valence-corrected chi connectivity index (χ2v) is 7.95. The predicted molar refractivity (Wildman–Crippen MR) is 137 cm³/mol. The zero-order chi connectivity index (χ0) is 23.9. The molecule has 1 N–H and O–H groups in total. The zero-order valence-corrected chi connectivity index (χ0v) is 20.2. The number of nitrogens with zero attached hydrogens (tertiary/aromatic N) is 2. The van der Waals surface area contributed by atoms with Crippen LogP contribution >= 0.6 is 0 Å². The minimum absolute atomic E-state index is 0.121. The molecule has 0 bridgehead atoms. The number of pyridine rings is 1. The molecular formula is C28H33N3O3. The molecule has 6 nitrogen and oxygen atoms in total. The third-order valence-electron chi connectivity index (χ3n) is 5.95. The summed E-state index contributed by atoms with van der Waals surface area (Å²) in [5.41, 5.74) is 5.52. The first kappa shape index (κ1) is 23.8. The molecule has 2 aromatic carbocycles. The van der Waals surface area contributed by atoms with E-state index in [9.17, 15) is 4.79 Å². The van der Waals surface area contributed by atoms with Crippen LogP contribution < -0.4 is 15.6 Å². The summed E-state index contributed by atoms with van der Waals surface area (Å²) in [6.45, 7) is 9.44. The van der Waals surface area contributed by atoms with Crippen molar-refractivity contribution in [2.75, 3.05) is 13.2 Å². The van der Waals surface area contributed by atoms with Gasteiger partial charge in [-0.25, -0.2) is 0 Å². The van der Waals surface area contributed by atoms with Crippen molar-refractivity contribution >= 4 is 10.9 Å². The first-order valence-electron chi connectivity index (χ1n) is 12.1. The van der Waals surface area contributed by atoms with Crippen LogP contribution in [0, 0.1) is 0 Å². The van der Waals surface area contributed by atoms with Gasteiger partial charge in [0.25, 0.3) is 5.56 Å². The lowest BCUT2D eigenvalue weighted by molar-refractivity contribution is 0.0887. The Bertz CT molecular complexity index is 1290. The monoisotopic (exact) mass is 459 g/mol. The summed E-state index contributed by atoms with van der Waals surface area (Å²) < 4.78 is 15.5. The fraction of sp³-hybridized carbons (Fsp3) is 0.321. The molecule has 34 heavy (non-hydrogen) atoms. The average Bonchev–Trinajstić information content (AvgIpc) is 3.21. The topological polar surface area (TPSA) is 57.4 Å². The molecule has 2 aromatic heterocycles. The minimum Gasteiger partial charge on any atom is -0.489 e. The molecule has 1 aliphatic heterocycles. The van der Waals surface area contributed by atoms with Gasteiger partial charge in [-0.1, -0.05) is 50.2 Å². The van der Waals surface area contributed by atoms with E-state index in [1.165, 1.54) is 16.6 Å². The van der Waals surface area contributed by atoms with E-state index in [1.807, 2.05) is 63.2 Å². The number of fused-ring (bicyclic) bond motifs is 3. The molecule has 0 spiro atoms. The van der Waals surface area contributed by atoms with Crippen molar-refractivity contribution in [1.82, 2.24) is 14.5 Å². The summed E-state index contributed by atoms with van der Waals surface area (Å²) in [6, 6.07) is 19.5. The molecule has 3 heterocycles. The summed E-state index contributed by atoms with van der Waals surface area (Å²) in [7, 11) is 0. The summed E-state index contributed by atoms with van der Waals surface area (Å²) in [5, 5.41) is 4.68. The maximum atomic E-state index is 12.9. The Hall–Kier alpha value is -3.35. The molecule has 0 aliphatic carbocycles. The highest BCUT2D eigenvalue weighted by molar-refractivity contribution is 5.87. The van der Waals surface area contributed by atoms with E-state index in [-0.39, 0.29) is 5.56 Å². The highest BCUT2D eigenvalue weighted by Gasteiger charge is 2.20. The number of hydrogen-bond acceptors (Lipinski definition) is 4. The molecule has 0 unspecified atom stereocenters. The van der Waals surface area contributed by atoms with E-state index in [4.69, 9.17) is 9.47 Å². The lowest BCUT2D eigenvalue weighted by Gasteiger charge is -2.17. The molecule has 178 valence electrons. The molecule has 0 fully saturated rings. The lowest BCUT2D eigenvalue weighted by atomic mass is 10.1. The minimum atomic E-state index is -0.121. The first-order chi connectivity index (χ1) is 16.7. The third kappa shape index (κ3) is 4.93. The van der Waals surface area contributed by atoms with Gasteiger partial charge in [0.05, 0.1) is 11.2 Å². The highest BCUT2D eigenvalue weighted by Crippen LogP contribution is 2.30. The quantitative estimate of drug-likeness (QED) is 0.421. The van der Waals surface area contributed by atoms with Crippen LogP contribution in [-0.4, -0.2) is 22.3 Å². The smallest absolute Gasteiger partial charge is 0.258 e. The standard InChI is InChI=1S/C26H27N3O3.C2H6/c1-2-31-18-29-24-10-12-27-16-23(24)22-9-8-20(14-25(22)29)28-13-11-21(15-26(28)30)32-17-19-6-4-3-5-7-19;1-2/h3-9,11,13-15,27H,2,10,12,16-18H2,1H3;1-2H3. The molecule has 0 amide bonds. The van der Waals surface area contributed by atoms with Crippen LogP contribution in [0.5, 0.6) is 5.75 Å². The third-order valence-corrected chi connectivity index (χ3v) is 5.95. The van der Waals surface area contributed by atoms with Crippen LogP contribution in [-0.2, 0) is 31.0 Å². The van der Waals surface area contributed by atoms with Crippen molar-refractivity contribution < 1.29 is 9.47 Å². The highest BCUT2D eigenvalue weighted by atomic mass is 16.5. The summed E-state index contributed by atoms with van der Waals surface area (Å²) >= 11 is 0. The van der Waals surface area contributed by atoms with E-state index < -0.39 is 0 Å². The summed E-state index contributed by atoms with van der Waals surface area (Å²) in [4.78, 5) is 12.9. The van der Waals surface area contributed by atoms with Gasteiger partial charge in [-0.05, 0) is 36.2 Å². The van der Waals surface area contributed by atoms with Gasteiger partial charge in [-0.15, -0.1) is 0 Å². The van der Waals surface area contributed by atoms with Crippen molar-refractivity contribution in [3.05, 3.63) is 94.0 Å². The maximum absolute atomic E-state index is 12.9. The molecule has 1 aliphatic rings. The molecule has 5 rings (SSSR count). The second kappa shape index (κ2) is 11.2. The number of hydrogen-bond donors (Lipinski definition) is 1. The van der Waals surface area contributed by atoms with Gasteiger partial charge < -0.3 is 19.4 Å². The van der Waals surface area contributed by atoms with Gasteiger partial charge in [-0.2, -0.15) is 0 Å². The predicted octanol–water partition coefficient (Wildman–Crippen LogP) is 5.04. The number of aromatic nitrogens is 2. The fourth-order valence-electron chi connectivity index (χ4n) is 4.35. The summed E-state index contributed by atoms with van der Waals surface area (Å²) in [5.74, 6) is 0.567. The first-order valence-corrected chi connectivity index (χ1v) is 12.1. The number of nitrogens with one attached hydrogen (secondary N) is 1. The van der Waals surface area contributed by atoms with Gasteiger partial charge in [0.1, 0.15) is 19.1 Å². The molecule has 4 aromatic rings. The second-order valence-electron chi connectivity index (χ2n) is 7.95. The van der Waals surface area contributed by atoms with E-state index in [1.54, 1.807) is 16.8 Å². The molecule has 0 saturated heterocycles. The molecule has 0 radical (unpaired) electrons. The van der Waals surface area contributed by atoms with Gasteiger partial charge in [0.15, 0.2) is 0 Å². The Balaban J connectivity index is 0.00000133. The Kier molecular flexibility index (Phi) is 7.83. The van der Waals surface area contributed by atoms with Crippen molar-refractivity contribution in [2.45, 2.75) is 47.1 Å². The normalized spacial score (nSPS) is 12.7. The Morgan fingerprint density at radius 2 is 1.85 bits per heavy atom. The Morgan fingerprint density at radius 1 is 1.03 bits per heavy atom. The molecular weight excluding hydrogens is 426 g/mol. The largest absolute Gasteiger partial charge is 0.489 e. The van der Waals surface area contributed by atoms with E-state index in [0.717, 1.165) is 36.3 Å². The average molecular weight is 460 g/mol. The molecule has 0 atom stereocenters. The van der Waals surface area contributed by atoms with Crippen molar-refractivity contribution in [3.63, 3.8) is 0 Å². The zero-order valence-electron chi connectivity index (χ0n) is 20.2. The van der Waals surface area contributed by atoms with Gasteiger partial charge in [0, 0.05) is 49.5 Å². The Labute approximate surface area is 200 Å². The maximum Gasteiger partial charge on any atom is 0.258 e. The Morgan fingerprint density at radius 3 is 2.62 bits per heavy atom. The van der Waals surface area contributed by atoms with Crippen LogP contribution in [0.4, 0.5) is 0 Å². The number of rotatable bonds is 7. The number of benzene rings is 2. The summed E-state index contributed by atoms with van der Waals surface area (Å²) in [6.07, 6.45) is 2.75. The fourth-order valence-corrected chi connectivity index (χ4v) is 4.35. The SMILES string of the molecule is CC.CCOCn1c2c(c3ccc(-n4ccc(OCc5ccccc5)cc4=O)cc31)CNCC2. The van der Waals surface area contributed by atoms with E-state index in [2.05, 4.69) is 22.0 Å². The molecule has 6 heteroatoms. The van der Waals surface area contributed by atoms with Gasteiger partial charge >= 0.3 is 0 Å². The van der Waals surface area contributed by atoms with Gasteiger partial charge in [-0.3, -0.25) is 9.36 Å².